The first-order chi connectivity index (χ1) is 13.2. The lowest BCUT2D eigenvalue weighted by Crippen LogP contribution is -2.05. The molecule has 140 valence electrons. The Morgan fingerprint density at radius 3 is 2.48 bits per heavy atom. The number of nitrogens with one attached hydrogen (secondary N) is 1. The highest BCUT2D eigenvalue weighted by molar-refractivity contribution is 7.92. The summed E-state index contributed by atoms with van der Waals surface area (Å²) in [6, 6.07) is 11.0. The zero-order valence-electron chi connectivity index (χ0n) is 14.9. The number of hydrogen-bond acceptors (Lipinski definition) is 8. The number of aromatic nitrogens is 3. The summed E-state index contributed by atoms with van der Waals surface area (Å²) < 4.78 is 14.7. The molecule has 0 saturated heterocycles. The maximum Gasteiger partial charge on any atom is 0.222 e. The van der Waals surface area contributed by atoms with Crippen LogP contribution in [0.25, 0.3) is 0 Å². The molecule has 0 radical (unpaired) electrons. The summed E-state index contributed by atoms with van der Waals surface area (Å²) in [6.07, 6.45) is 4.52. The molecule has 3 rings (SSSR count). The van der Waals surface area contributed by atoms with Gasteiger partial charge in [0.1, 0.15) is 11.6 Å². The van der Waals surface area contributed by atoms with E-state index in [2.05, 4.69) is 27.2 Å². The van der Waals surface area contributed by atoms with Crippen LogP contribution in [0, 0.1) is 0 Å². The lowest BCUT2D eigenvalue weighted by Gasteiger charge is -2.10. The zero-order valence-corrected chi connectivity index (χ0v) is 15.7. The van der Waals surface area contributed by atoms with E-state index in [1.807, 2.05) is 42.7 Å². The third-order valence-electron chi connectivity index (χ3n) is 3.82. The molecule has 0 fully saturated rings. The number of nitrogens with two attached hydrogens (primary N) is 1. The van der Waals surface area contributed by atoms with E-state index in [-0.39, 0.29) is 0 Å². The van der Waals surface area contributed by atoms with Gasteiger partial charge in [-0.1, -0.05) is 19.1 Å². The summed E-state index contributed by atoms with van der Waals surface area (Å²) in [6.45, 7) is 2.56. The number of anilines is 2. The highest BCUT2D eigenvalue weighted by Crippen LogP contribution is 2.23. The van der Waals surface area contributed by atoms with Crippen molar-refractivity contribution in [1.29, 1.82) is 0 Å². The molecule has 2 aromatic heterocycles. The minimum absolute atomic E-state index is 0.375. The molecule has 1 aromatic carbocycles. The van der Waals surface area contributed by atoms with Crippen LogP contribution in [0.4, 0.5) is 11.8 Å². The predicted molar refractivity (Wildman–Crippen MR) is 108 cm³/mol. The normalized spacial score (nSPS) is 10.6. The summed E-state index contributed by atoms with van der Waals surface area (Å²) >= 11 is 0.787. The van der Waals surface area contributed by atoms with Crippen molar-refractivity contribution in [2.45, 2.75) is 25.6 Å². The van der Waals surface area contributed by atoms with Gasteiger partial charge in [-0.05, 0) is 53.4 Å². The Morgan fingerprint density at radius 1 is 1.07 bits per heavy atom. The van der Waals surface area contributed by atoms with Crippen LogP contribution < -0.4 is 15.8 Å². The number of rotatable bonds is 8. The van der Waals surface area contributed by atoms with Crippen molar-refractivity contribution in [2.75, 3.05) is 11.1 Å². The second-order valence-corrected chi connectivity index (χ2v) is 6.43. The van der Waals surface area contributed by atoms with E-state index in [4.69, 9.17) is 15.0 Å². The number of nitrogen functional groups attached to an aromatic ring is 1. The minimum atomic E-state index is 0.375. The molecule has 2 heterocycles. The fraction of sp³-hybridized carbons (Fsp3) is 0.211. The first-order valence-corrected chi connectivity index (χ1v) is 9.45. The molecule has 0 unspecified atom stereocenters. The van der Waals surface area contributed by atoms with Crippen LogP contribution in [0.3, 0.4) is 0 Å². The second-order valence-electron chi connectivity index (χ2n) is 5.88. The van der Waals surface area contributed by atoms with Gasteiger partial charge in [0, 0.05) is 30.8 Å². The average molecular weight is 383 g/mol. The summed E-state index contributed by atoms with van der Waals surface area (Å²) in [5, 5.41) is 3.16. The summed E-state index contributed by atoms with van der Waals surface area (Å²) in [5.74, 6) is 2.53. The SMILES string of the molecule is CCc1cnc(NCc2cc(N)nc(Oc3ccc(CSO)cc3)c2)nc1. The Morgan fingerprint density at radius 2 is 1.81 bits per heavy atom. The molecule has 0 aliphatic rings. The number of ether oxygens (including phenoxy) is 1. The maximum atomic E-state index is 8.89. The van der Waals surface area contributed by atoms with E-state index in [1.165, 1.54) is 0 Å². The largest absolute Gasteiger partial charge is 0.439 e. The number of nitrogens with zero attached hydrogens (tertiary/aromatic N) is 3. The minimum Gasteiger partial charge on any atom is -0.439 e. The Balaban J connectivity index is 1.66. The lowest BCUT2D eigenvalue weighted by atomic mass is 10.2. The Bertz CT molecular complexity index is 872. The summed E-state index contributed by atoms with van der Waals surface area (Å²) in [4.78, 5) is 12.8. The van der Waals surface area contributed by atoms with Gasteiger partial charge in [-0.25, -0.2) is 9.97 Å². The van der Waals surface area contributed by atoms with E-state index in [9.17, 15) is 0 Å². The molecule has 0 aliphatic carbocycles. The van der Waals surface area contributed by atoms with E-state index in [1.54, 1.807) is 6.07 Å². The standard InChI is InChI=1S/C19H21N5O2S/c1-2-13-9-21-19(22-10-13)23-11-15-7-17(20)24-18(8-15)26-16-5-3-14(4-6-16)12-27-25/h3-10,25H,2,11-12H2,1H3,(H2,20,24)(H,21,22,23). The third kappa shape index (κ3) is 5.57. The highest BCUT2D eigenvalue weighted by atomic mass is 32.2. The van der Waals surface area contributed by atoms with Gasteiger partial charge in [0.25, 0.3) is 0 Å². The smallest absolute Gasteiger partial charge is 0.222 e. The number of benzene rings is 1. The Labute approximate surface area is 162 Å². The van der Waals surface area contributed by atoms with Crippen molar-refractivity contribution in [2.24, 2.45) is 0 Å². The number of pyridine rings is 1. The van der Waals surface area contributed by atoms with Crippen molar-refractivity contribution >= 4 is 23.8 Å². The van der Waals surface area contributed by atoms with Crippen LogP contribution >= 0.6 is 12.0 Å². The molecule has 0 saturated carbocycles. The molecule has 7 nitrogen and oxygen atoms in total. The van der Waals surface area contributed by atoms with Crippen molar-refractivity contribution in [3.63, 3.8) is 0 Å². The first kappa shape index (κ1) is 18.9. The lowest BCUT2D eigenvalue weighted by molar-refractivity contribution is 0.463. The third-order valence-corrected chi connectivity index (χ3v) is 4.29. The summed E-state index contributed by atoms with van der Waals surface area (Å²) in [5.41, 5.74) is 8.91. The molecular formula is C19H21N5O2S. The molecule has 0 aliphatic heterocycles. The molecule has 0 amide bonds. The number of aryl methyl sites for hydroxylation is 1. The van der Waals surface area contributed by atoms with Crippen molar-refractivity contribution in [1.82, 2.24) is 15.0 Å². The van der Waals surface area contributed by atoms with Crippen LogP contribution in [0.5, 0.6) is 11.6 Å². The van der Waals surface area contributed by atoms with Crippen molar-refractivity contribution in [3.8, 4) is 11.6 Å². The van der Waals surface area contributed by atoms with Crippen LogP contribution in [0.2, 0.25) is 0 Å². The van der Waals surface area contributed by atoms with E-state index < -0.39 is 0 Å². The topological polar surface area (TPSA) is 106 Å². The van der Waals surface area contributed by atoms with Gasteiger partial charge in [-0.3, -0.25) is 0 Å². The van der Waals surface area contributed by atoms with Gasteiger partial charge < -0.3 is 20.3 Å². The molecule has 0 atom stereocenters. The average Bonchev–Trinajstić information content (AvgIpc) is 2.68. The van der Waals surface area contributed by atoms with Crippen LogP contribution in [0.1, 0.15) is 23.6 Å². The van der Waals surface area contributed by atoms with E-state index in [0.717, 1.165) is 35.2 Å². The zero-order chi connectivity index (χ0) is 19.1. The monoisotopic (exact) mass is 383 g/mol. The Kier molecular flexibility index (Phi) is 6.45. The molecule has 4 N–H and O–H groups in total. The Hall–Kier alpha value is -2.84. The molecule has 3 aromatic rings. The highest BCUT2D eigenvalue weighted by Gasteiger charge is 2.05. The fourth-order valence-corrected chi connectivity index (χ4v) is 2.74. The van der Waals surface area contributed by atoms with E-state index >= 15 is 0 Å². The summed E-state index contributed by atoms with van der Waals surface area (Å²) in [7, 11) is 0. The quantitative estimate of drug-likeness (QED) is 0.499. The van der Waals surface area contributed by atoms with Gasteiger partial charge in [-0.15, -0.1) is 0 Å². The molecule has 8 heteroatoms. The van der Waals surface area contributed by atoms with Gasteiger partial charge in [0.15, 0.2) is 0 Å². The van der Waals surface area contributed by atoms with Crippen LogP contribution in [0.15, 0.2) is 48.8 Å². The maximum absolute atomic E-state index is 8.89. The van der Waals surface area contributed by atoms with Crippen molar-refractivity contribution in [3.05, 3.63) is 65.5 Å². The van der Waals surface area contributed by atoms with Crippen LogP contribution in [-0.2, 0) is 18.7 Å². The van der Waals surface area contributed by atoms with Gasteiger partial charge in [0.05, 0.1) is 0 Å². The molecular weight excluding hydrogens is 362 g/mol. The molecule has 0 spiro atoms. The van der Waals surface area contributed by atoms with E-state index in [0.29, 0.717) is 35.7 Å². The van der Waals surface area contributed by atoms with Gasteiger partial charge in [-0.2, -0.15) is 4.98 Å². The fourth-order valence-electron chi connectivity index (χ4n) is 2.40. The van der Waals surface area contributed by atoms with Gasteiger partial charge in [0.2, 0.25) is 11.8 Å². The second kappa shape index (κ2) is 9.20. The predicted octanol–water partition coefficient (Wildman–Crippen LogP) is 4.13. The van der Waals surface area contributed by atoms with Crippen molar-refractivity contribution < 1.29 is 9.29 Å². The van der Waals surface area contributed by atoms with Crippen LogP contribution in [-0.4, -0.2) is 19.5 Å². The molecule has 0 bridgehead atoms. The first-order valence-electron chi connectivity index (χ1n) is 8.50. The number of hydrogen-bond donors (Lipinski definition) is 3. The molecule has 27 heavy (non-hydrogen) atoms. The van der Waals surface area contributed by atoms with Gasteiger partial charge >= 0.3 is 0 Å².